The molecule has 19 heavy (non-hydrogen) atoms. The topological polar surface area (TPSA) is 106 Å². The van der Waals surface area contributed by atoms with E-state index >= 15 is 0 Å². The monoisotopic (exact) mass is 324 g/mol. The summed E-state index contributed by atoms with van der Waals surface area (Å²) >= 11 is 0.908. The quantitative estimate of drug-likeness (QED) is 0.784. The zero-order valence-corrected chi connectivity index (χ0v) is 13.0. The van der Waals surface area contributed by atoms with Crippen molar-refractivity contribution in [1.82, 2.24) is 5.32 Å². The van der Waals surface area contributed by atoms with Gasteiger partial charge in [-0.2, -0.15) is 0 Å². The molecule has 2 atom stereocenters. The first-order valence-electron chi connectivity index (χ1n) is 5.42. The van der Waals surface area contributed by atoms with E-state index in [0.29, 0.717) is 12.2 Å². The molecule has 2 unspecified atom stereocenters. The first kappa shape index (κ1) is 16.3. The molecule has 1 amide bonds. The van der Waals surface area contributed by atoms with Gasteiger partial charge in [0.2, 0.25) is 10.0 Å². The van der Waals surface area contributed by atoms with E-state index < -0.39 is 20.8 Å². The maximum Gasteiger partial charge on any atom is 0.252 e. The van der Waals surface area contributed by atoms with Crippen LogP contribution < -0.4 is 10.5 Å². The third kappa shape index (κ3) is 5.39. The second-order valence-electron chi connectivity index (χ2n) is 4.14. The average Bonchev–Trinajstić information content (AvgIpc) is 2.75. The Kier molecular flexibility index (Phi) is 5.65. The lowest BCUT2D eigenvalue weighted by molar-refractivity contribution is 0.0940. The summed E-state index contributed by atoms with van der Waals surface area (Å²) in [5.74, 6) is 0.147. The van der Waals surface area contributed by atoms with E-state index in [4.69, 9.17) is 5.14 Å². The number of nitrogens with one attached hydrogen (secondary N) is 1. The van der Waals surface area contributed by atoms with Crippen LogP contribution in [0.15, 0.2) is 15.7 Å². The number of carbonyl (C=O) groups is 1. The minimum atomic E-state index is -3.77. The number of hydrogen-bond acceptors (Lipinski definition) is 5. The third-order valence-corrected chi connectivity index (χ3v) is 5.53. The summed E-state index contributed by atoms with van der Waals surface area (Å²) in [6, 6.07) is 1.12. The van der Waals surface area contributed by atoms with Crippen molar-refractivity contribution in [1.29, 1.82) is 0 Å². The lowest BCUT2D eigenvalue weighted by atomic mass is 10.2. The fraction of sp³-hybridized carbons (Fsp3) is 0.500. The highest BCUT2D eigenvalue weighted by Gasteiger charge is 2.16. The SMILES string of the molecule is CC(CCS(C)=O)NC(=O)c1csc(S(N)(=O)=O)c1. The van der Waals surface area contributed by atoms with Gasteiger partial charge in [0.25, 0.3) is 5.91 Å². The van der Waals surface area contributed by atoms with Crippen molar-refractivity contribution in [3.8, 4) is 0 Å². The lowest BCUT2D eigenvalue weighted by Gasteiger charge is -2.12. The van der Waals surface area contributed by atoms with Gasteiger partial charge in [0.1, 0.15) is 4.21 Å². The zero-order chi connectivity index (χ0) is 14.6. The minimum Gasteiger partial charge on any atom is -0.350 e. The molecule has 6 nitrogen and oxygen atoms in total. The summed E-state index contributed by atoms with van der Waals surface area (Å²) in [5, 5.41) is 9.13. The molecule has 1 aromatic rings. The van der Waals surface area contributed by atoms with Gasteiger partial charge in [-0.15, -0.1) is 11.3 Å². The Morgan fingerprint density at radius 3 is 2.68 bits per heavy atom. The van der Waals surface area contributed by atoms with Crippen LogP contribution in [0.4, 0.5) is 0 Å². The highest BCUT2D eigenvalue weighted by atomic mass is 32.2. The van der Waals surface area contributed by atoms with Gasteiger partial charge < -0.3 is 5.32 Å². The van der Waals surface area contributed by atoms with Crippen LogP contribution >= 0.6 is 11.3 Å². The normalized spacial score (nSPS) is 14.9. The Morgan fingerprint density at radius 2 is 2.21 bits per heavy atom. The molecule has 0 saturated carbocycles. The Morgan fingerprint density at radius 1 is 1.58 bits per heavy atom. The largest absolute Gasteiger partial charge is 0.350 e. The highest BCUT2D eigenvalue weighted by molar-refractivity contribution is 7.91. The first-order chi connectivity index (χ1) is 8.70. The van der Waals surface area contributed by atoms with Crippen LogP contribution in [0, 0.1) is 0 Å². The molecule has 1 heterocycles. The van der Waals surface area contributed by atoms with E-state index in [-0.39, 0.29) is 21.7 Å². The lowest BCUT2D eigenvalue weighted by Crippen LogP contribution is -2.33. The van der Waals surface area contributed by atoms with Crippen LogP contribution in [0.1, 0.15) is 23.7 Å². The fourth-order valence-corrected chi connectivity index (χ4v) is 3.58. The van der Waals surface area contributed by atoms with Crippen molar-refractivity contribution in [3.05, 3.63) is 17.0 Å². The van der Waals surface area contributed by atoms with Gasteiger partial charge in [0.05, 0.1) is 5.56 Å². The summed E-state index contributed by atoms with van der Waals surface area (Å²) in [6.07, 6.45) is 2.20. The van der Waals surface area contributed by atoms with Crippen LogP contribution in [0.5, 0.6) is 0 Å². The molecule has 3 N–H and O–H groups in total. The standard InChI is InChI=1S/C10H16N2O4S3/c1-7(3-4-18(2)14)12-10(13)8-5-9(17-6-8)19(11,15)16/h5-7H,3-4H2,1-2H3,(H,12,13)(H2,11,15,16). The highest BCUT2D eigenvalue weighted by Crippen LogP contribution is 2.18. The molecule has 0 aromatic carbocycles. The molecule has 108 valence electrons. The number of thiophene rings is 1. The number of rotatable bonds is 6. The van der Waals surface area contributed by atoms with Crippen molar-refractivity contribution in [2.75, 3.05) is 12.0 Å². The van der Waals surface area contributed by atoms with E-state index in [1.165, 1.54) is 11.4 Å². The second kappa shape index (κ2) is 6.60. The van der Waals surface area contributed by atoms with E-state index in [9.17, 15) is 17.4 Å². The predicted molar refractivity (Wildman–Crippen MR) is 76.2 cm³/mol. The molecule has 0 fully saturated rings. The number of hydrogen-bond donors (Lipinski definition) is 2. The van der Waals surface area contributed by atoms with Crippen LogP contribution in [0.2, 0.25) is 0 Å². The van der Waals surface area contributed by atoms with Crippen LogP contribution in [-0.4, -0.2) is 36.6 Å². The molecule has 9 heteroatoms. The molecule has 0 aliphatic carbocycles. The van der Waals surface area contributed by atoms with Crippen molar-refractivity contribution in [3.63, 3.8) is 0 Å². The number of nitrogens with two attached hydrogens (primary N) is 1. The Balaban J connectivity index is 2.64. The summed E-state index contributed by atoms with van der Waals surface area (Å²) in [7, 11) is -4.67. The summed E-state index contributed by atoms with van der Waals surface area (Å²) in [5.41, 5.74) is 0.262. The van der Waals surface area contributed by atoms with Crippen molar-refractivity contribution in [2.45, 2.75) is 23.6 Å². The van der Waals surface area contributed by atoms with Gasteiger partial charge >= 0.3 is 0 Å². The molecular formula is C10H16N2O4S3. The maximum atomic E-state index is 11.8. The Labute approximate surface area is 118 Å². The second-order valence-corrected chi connectivity index (χ2v) is 8.39. The smallest absolute Gasteiger partial charge is 0.252 e. The maximum absolute atomic E-state index is 11.8. The minimum absolute atomic E-state index is 0.0417. The molecule has 0 saturated heterocycles. The third-order valence-electron chi connectivity index (χ3n) is 2.33. The average molecular weight is 324 g/mol. The van der Waals surface area contributed by atoms with Crippen LogP contribution in [-0.2, 0) is 20.8 Å². The van der Waals surface area contributed by atoms with Gasteiger partial charge in [-0.3, -0.25) is 9.00 Å². The molecule has 1 rings (SSSR count). The van der Waals surface area contributed by atoms with E-state index in [1.54, 1.807) is 13.2 Å². The zero-order valence-electron chi connectivity index (χ0n) is 10.6. The van der Waals surface area contributed by atoms with Crippen molar-refractivity contribution in [2.24, 2.45) is 5.14 Å². The van der Waals surface area contributed by atoms with Gasteiger partial charge in [-0.25, -0.2) is 13.6 Å². The fourth-order valence-electron chi connectivity index (χ4n) is 1.31. The number of primary sulfonamides is 1. The molecule has 0 aliphatic rings. The Hall–Kier alpha value is -0.770. The van der Waals surface area contributed by atoms with Gasteiger partial charge in [-0.05, 0) is 19.4 Å². The summed E-state index contributed by atoms with van der Waals surface area (Å²) in [6.45, 7) is 1.80. The van der Waals surface area contributed by atoms with Crippen molar-refractivity contribution >= 4 is 38.1 Å². The van der Waals surface area contributed by atoms with E-state index in [1.807, 2.05) is 0 Å². The van der Waals surface area contributed by atoms with E-state index in [2.05, 4.69) is 5.32 Å². The first-order valence-corrected chi connectivity index (χ1v) is 9.57. The van der Waals surface area contributed by atoms with Crippen LogP contribution in [0.3, 0.4) is 0 Å². The molecule has 1 aromatic heterocycles. The molecule has 0 spiro atoms. The number of sulfonamides is 1. The summed E-state index contributed by atoms with van der Waals surface area (Å²) < 4.78 is 33.1. The van der Waals surface area contributed by atoms with Crippen molar-refractivity contribution < 1.29 is 17.4 Å². The van der Waals surface area contributed by atoms with Gasteiger partial charge in [-0.1, -0.05) is 0 Å². The Bertz CT molecular complexity index is 579. The van der Waals surface area contributed by atoms with Gasteiger partial charge in [0, 0.05) is 34.2 Å². The molecule has 0 bridgehead atoms. The molecule has 0 radical (unpaired) electrons. The predicted octanol–water partition coefficient (Wildman–Crippen LogP) is 0.282. The number of amides is 1. The number of carbonyl (C=O) groups excluding carboxylic acids is 1. The molecular weight excluding hydrogens is 308 g/mol. The van der Waals surface area contributed by atoms with E-state index in [0.717, 1.165) is 11.3 Å². The summed E-state index contributed by atoms with van der Waals surface area (Å²) in [4.78, 5) is 11.8. The van der Waals surface area contributed by atoms with Gasteiger partial charge in [0.15, 0.2) is 0 Å². The van der Waals surface area contributed by atoms with Crippen LogP contribution in [0.25, 0.3) is 0 Å². The molecule has 0 aliphatic heterocycles.